The summed E-state index contributed by atoms with van der Waals surface area (Å²) in [6, 6.07) is 17.8. The van der Waals surface area contributed by atoms with Crippen LogP contribution in [0.5, 0.6) is 0 Å². The summed E-state index contributed by atoms with van der Waals surface area (Å²) >= 11 is 0. The van der Waals surface area contributed by atoms with Crippen molar-refractivity contribution in [3.05, 3.63) is 89.2 Å². The predicted octanol–water partition coefficient (Wildman–Crippen LogP) is 4.84. The second-order valence-electron chi connectivity index (χ2n) is 9.30. The summed E-state index contributed by atoms with van der Waals surface area (Å²) in [5, 5.41) is 16.6. The lowest BCUT2D eigenvalue weighted by Gasteiger charge is -2.37. The summed E-state index contributed by atoms with van der Waals surface area (Å²) in [6.07, 6.45) is -4.29. The van der Waals surface area contributed by atoms with Gasteiger partial charge in [-0.05, 0) is 48.4 Å². The Morgan fingerprint density at radius 1 is 0.929 bits per heavy atom. The van der Waals surface area contributed by atoms with E-state index in [9.17, 15) is 35.9 Å². The van der Waals surface area contributed by atoms with E-state index < -0.39 is 28.1 Å². The zero-order valence-corrected chi connectivity index (χ0v) is 23.3. The van der Waals surface area contributed by atoms with Gasteiger partial charge in [0.05, 0.1) is 21.8 Å². The molecule has 0 unspecified atom stereocenters. The molecule has 0 amide bonds. The highest BCUT2D eigenvalue weighted by atomic mass is 32.2. The van der Waals surface area contributed by atoms with Gasteiger partial charge in [-0.2, -0.15) is 13.2 Å². The van der Waals surface area contributed by atoms with Crippen molar-refractivity contribution in [3.63, 3.8) is 0 Å². The number of alkyl halides is 3. The summed E-state index contributed by atoms with van der Waals surface area (Å²) in [7, 11) is -3.92. The number of piperazine rings is 1. The summed E-state index contributed by atoms with van der Waals surface area (Å²) in [5.74, 6) is -4.13. The lowest BCUT2D eigenvalue weighted by atomic mass is 10.1. The standard InChI is InChI=1S/C26H28FN3O4S.C2HF3O2/c1-2-19-7-10-22(11-8-19)35(33,34)28-24-17-20(26(31)32)9-12-25(24)30-15-13-29(14-16-30)18-21-5-3-4-6-23(21)27;3-2(4,5)1(6)7/h3-12,17,28H,2,13-16,18H2,1H3,(H,31,32);(H,6,7). The van der Waals surface area contributed by atoms with Gasteiger partial charge in [0.2, 0.25) is 0 Å². The Balaban J connectivity index is 0.000000616. The number of hydrogen-bond donors (Lipinski definition) is 3. The predicted molar refractivity (Wildman–Crippen MR) is 148 cm³/mol. The molecule has 14 heteroatoms. The van der Waals surface area contributed by atoms with Crippen LogP contribution in [0, 0.1) is 5.82 Å². The Morgan fingerprint density at radius 2 is 1.52 bits per heavy atom. The number of benzene rings is 3. The van der Waals surface area contributed by atoms with Gasteiger partial charge in [-0.1, -0.05) is 37.3 Å². The first kappa shape index (κ1) is 32.3. The second-order valence-corrected chi connectivity index (χ2v) is 11.0. The number of carboxylic acid groups (broad SMARTS) is 2. The number of halogens is 4. The fraction of sp³-hybridized carbons (Fsp3) is 0.286. The number of rotatable bonds is 8. The van der Waals surface area contributed by atoms with E-state index in [4.69, 9.17) is 9.90 Å². The Labute approximate surface area is 240 Å². The van der Waals surface area contributed by atoms with Gasteiger partial charge in [-0.3, -0.25) is 9.62 Å². The number of nitrogens with zero attached hydrogens (tertiary/aromatic N) is 2. The summed E-state index contributed by atoms with van der Waals surface area (Å²) < 4.78 is 74.5. The number of nitrogens with one attached hydrogen (secondary N) is 1. The van der Waals surface area contributed by atoms with E-state index >= 15 is 0 Å². The van der Waals surface area contributed by atoms with E-state index in [0.29, 0.717) is 44.0 Å². The first-order chi connectivity index (χ1) is 19.7. The van der Waals surface area contributed by atoms with E-state index in [2.05, 4.69) is 9.62 Å². The lowest BCUT2D eigenvalue weighted by Crippen LogP contribution is -2.46. The Hall–Kier alpha value is -4.17. The third-order valence-electron chi connectivity index (χ3n) is 6.44. The van der Waals surface area contributed by atoms with E-state index in [0.717, 1.165) is 12.0 Å². The maximum absolute atomic E-state index is 14.0. The minimum atomic E-state index is -5.08. The van der Waals surface area contributed by atoms with Crippen LogP contribution in [0.2, 0.25) is 0 Å². The van der Waals surface area contributed by atoms with Crippen molar-refractivity contribution in [1.29, 1.82) is 0 Å². The molecular formula is C28H29F4N3O6S. The molecule has 226 valence electrons. The molecule has 1 heterocycles. The third-order valence-corrected chi connectivity index (χ3v) is 7.82. The van der Waals surface area contributed by atoms with Crippen LogP contribution in [0.25, 0.3) is 0 Å². The van der Waals surface area contributed by atoms with Gasteiger partial charge in [-0.15, -0.1) is 0 Å². The number of carboxylic acids is 2. The van der Waals surface area contributed by atoms with Crippen molar-refractivity contribution < 1.29 is 45.8 Å². The maximum atomic E-state index is 14.0. The molecule has 1 saturated heterocycles. The number of sulfonamides is 1. The van der Waals surface area contributed by atoms with Crippen molar-refractivity contribution in [3.8, 4) is 0 Å². The van der Waals surface area contributed by atoms with Gasteiger partial charge in [0, 0.05) is 38.3 Å². The highest BCUT2D eigenvalue weighted by Crippen LogP contribution is 2.31. The molecule has 0 aromatic heterocycles. The second kappa shape index (κ2) is 13.7. The van der Waals surface area contributed by atoms with Crippen molar-refractivity contribution in [2.45, 2.75) is 31.0 Å². The van der Waals surface area contributed by atoms with Crippen LogP contribution in [-0.2, 0) is 27.8 Å². The molecule has 42 heavy (non-hydrogen) atoms. The van der Waals surface area contributed by atoms with Crippen molar-refractivity contribution >= 4 is 33.3 Å². The van der Waals surface area contributed by atoms with Gasteiger partial charge < -0.3 is 15.1 Å². The molecule has 4 rings (SSSR count). The number of carbonyl (C=O) groups is 2. The average Bonchev–Trinajstić information content (AvgIpc) is 2.94. The number of anilines is 2. The Morgan fingerprint density at radius 3 is 2.05 bits per heavy atom. The van der Waals surface area contributed by atoms with Gasteiger partial charge >= 0.3 is 18.1 Å². The van der Waals surface area contributed by atoms with Crippen molar-refractivity contribution in [2.75, 3.05) is 35.8 Å². The number of aromatic carboxylic acids is 1. The number of aliphatic carboxylic acids is 1. The molecule has 1 fully saturated rings. The molecule has 3 aromatic rings. The summed E-state index contributed by atoms with van der Waals surface area (Å²) in [4.78, 5) is 24.7. The van der Waals surface area contributed by atoms with Crippen LogP contribution < -0.4 is 9.62 Å². The zero-order chi connectivity index (χ0) is 31.1. The topological polar surface area (TPSA) is 127 Å². The normalized spacial score (nSPS) is 14.1. The SMILES string of the molecule is CCc1ccc(S(=O)(=O)Nc2cc(C(=O)O)ccc2N2CCN(Cc3ccccc3F)CC2)cc1.O=C(O)C(F)(F)F. The molecule has 0 bridgehead atoms. The van der Waals surface area contributed by atoms with Crippen LogP contribution in [0.4, 0.5) is 28.9 Å². The van der Waals surface area contributed by atoms with Gasteiger partial charge in [0.1, 0.15) is 5.82 Å². The molecule has 0 spiro atoms. The van der Waals surface area contributed by atoms with E-state index in [1.807, 2.05) is 17.9 Å². The molecule has 0 saturated carbocycles. The fourth-order valence-electron chi connectivity index (χ4n) is 4.15. The summed E-state index contributed by atoms with van der Waals surface area (Å²) in [5.41, 5.74) is 2.47. The molecule has 3 aromatic carbocycles. The Bertz CT molecular complexity index is 1510. The van der Waals surface area contributed by atoms with Crippen molar-refractivity contribution in [2.24, 2.45) is 0 Å². The first-order valence-corrected chi connectivity index (χ1v) is 14.2. The van der Waals surface area contributed by atoms with Crippen LogP contribution >= 0.6 is 0 Å². The average molecular weight is 612 g/mol. The lowest BCUT2D eigenvalue weighted by molar-refractivity contribution is -0.192. The molecule has 1 aliphatic rings. The molecule has 0 radical (unpaired) electrons. The Kier molecular flexibility index (Phi) is 10.5. The third kappa shape index (κ3) is 8.66. The van der Waals surface area contributed by atoms with Crippen LogP contribution in [0.15, 0.2) is 71.6 Å². The first-order valence-electron chi connectivity index (χ1n) is 12.7. The highest BCUT2D eigenvalue weighted by molar-refractivity contribution is 7.92. The minimum absolute atomic E-state index is 0.00836. The molecule has 1 aliphatic heterocycles. The quantitative estimate of drug-likeness (QED) is 0.309. The number of aryl methyl sites for hydroxylation is 1. The minimum Gasteiger partial charge on any atom is -0.478 e. The largest absolute Gasteiger partial charge is 0.490 e. The monoisotopic (exact) mass is 611 g/mol. The van der Waals surface area contributed by atoms with Crippen LogP contribution in [-0.4, -0.2) is 67.8 Å². The fourth-order valence-corrected chi connectivity index (χ4v) is 5.21. The smallest absolute Gasteiger partial charge is 0.478 e. The van der Waals surface area contributed by atoms with Crippen molar-refractivity contribution in [1.82, 2.24) is 4.90 Å². The maximum Gasteiger partial charge on any atom is 0.490 e. The van der Waals surface area contributed by atoms with Gasteiger partial charge in [-0.25, -0.2) is 22.4 Å². The summed E-state index contributed by atoms with van der Waals surface area (Å²) in [6.45, 7) is 4.95. The number of hydrogen-bond acceptors (Lipinski definition) is 6. The molecule has 0 atom stereocenters. The van der Waals surface area contributed by atoms with Crippen LogP contribution in [0.3, 0.4) is 0 Å². The zero-order valence-electron chi connectivity index (χ0n) is 22.4. The van der Waals surface area contributed by atoms with E-state index in [-0.39, 0.29) is 22.0 Å². The molecule has 0 aliphatic carbocycles. The van der Waals surface area contributed by atoms with Gasteiger partial charge in [0.15, 0.2) is 0 Å². The van der Waals surface area contributed by atoms with E-state index in [1.165, 1.54) is 18.2 Å². The van der Waals surface area contributed by atoms with Gasteiger partial charge in [0.25, 0.3) is 10.0 Å². The highest BCUT2D eigenvalue weighted by Gasteiger charge is 2.38. The molecule has 9 nitrogen and oxygen atoms in total. The molecular weight excluding hydrogens is 582 g/mol. The van der Waals surface area contributed by atoms with Crippen LogP contribution in [0.1, 0.15) is 28.4 Å². The van der Waals surface area contributed by atoms with E-state index in [1.54, 1.807) is 42.5 Å². The molecule has 3 N–H and O–H groups in total.